The fraction of sp³-hybridized carbons (Fsp3) is 0.400. The number of nitrogens with zero attached hydrogens (tertiary/aromatic N) is 2. The van der Waals surface area contributed by atoms with Crippen molar-refractivity contribution in [1.82, 2.24) is 9.21 Å². The van der Waals surface area contributed by atoms with E-state index in [0.717, 1.165) is 42.7 Å². The molecule has 2 aromatic rings. The van der Waals surface area contributed by atoms with Gasteiger partial charge in [0.05, 0.1) is 12.0 Å². The Morgan fingerprint density at radius 3 is 2.53 bits per heavy atom. The minimum Gasteiger partial charge on any atom is -0.497 e. The summed E-state index contributed by atoms with van der Waals surface area (Å²) in [6.07, 6.45) is 6.10. The highest BCUT2D eigenvalue weighted by atomic mass is 32.2. The molecule has 1 aliphatic rings. The van der Waals surface area contributed by atoms with Crippen molar-refractivity contribution < 1.29 is 17.9 Å². The first kappa shape index (κ1) is 24.0. The number of carbonyl (C=O) groups excluding carboxylic acids is 1. The maximum atomic E-state index is 12.8. The van der Waals surface area contributed by atoms with E-state index in [1.165, 1.54) is 4.31 Å². The standard InChI is InChI=1S/C25H32N2O4S/c1-4-26(5-2)32(29,30)24-14-11-20(12-15-24)13-16-25(28)27-17-7-9-22(27)18-21-8-6-10-23(19-21)31-3/h6,8,10-16,19,22H,4-5,7,9,17-18H2,1-3H3/b16-13+. The van der Waals surface area contributed by atoms with Crippen molar-refractivity contribution in [2.24, 2.45) is 0 Å². The van der Waals surface area contributed by atoms with Crippen LogP contribution in [0.1, 0.15) is 37.8 Å². The molecule has 1 aliphatic heterocycles. The summed E-state index contributed by atoms with van der Waals surface area (Å²) in [6.45, 7) is 5.26. The molecular weight excluding hydrogens is 424 g/mol. The van der Waals surface area contributed by atoms with Crippen LogP contribution in [0.5, 0.6) is 5.75 Å². The molecule has 6 nitrogen and oxygen atoms in total. The first-order chi connectivity index (χ1) is 15.4. The predicted octanol–water partition coefficient (Wildman–Crippen LogP) is 3.97. The van der Waals surface area contributed by atoms with E-state index < -0.39 is 10.0 Å². The molecule has 2 aromatic carbocycles. The van der Waals surface area contributed by atoms with Gasteiger partial charge in [-0.05, 0) is 60.7 Å². The van der Waals surface area contributed by atoms with Gasteiger partial charge >= 0.3 is 0 Å². The summed E-state index contributed by atoms with van der Waals surface area (Å²) in [5.41, 5.74) is 1.95. The molecule has 1 saturated heterocycles. The molecule has 0 spiro atoms. The van der Waals surface area contributed by atoms with Crippen LogP contribution in [0.3, 0.4) is 0 Å². The third-order valence-corrected chi connectivity index (χ3v) is 7.97. The monoisotopic (exact) mass is 456 g/mol. The van der Waals surface area contributed by atoms with Gasteiger partial charge in [-0.1, -0.05) is 38.1 Å². The van der Waals surface area contributed by atoms with Crippen LogP contribution in [-0.4, -0.2) is 56.3 Å². The molecule has 1 unspecified atom stereocenters. The largest absolute Gasteiger partial charge is 0.497 e. The Balaban J connectivity index is 1.66. The number of methoxy groups -OCH3 is 1. The topological polar surface area (TPSA) is 66.9 Å². The van der Waals surface area contributed by atoms with E-state index >= 15 is 0 Å². The minimum atomic E-state index is -3.48. The molecule has 0 saturated carbocycles. The summed E-state index contributed by atoms with van der Waals surface area (Å²) >= 11 is 0. The molecule has 1 heterocycles. The number of likely N-dealkylation sites (tertiary alicyclic amines) is 1. The molecule has 1 fully saturated rings. The predicted molar refractivity (Wildman–Crippen MR) is 127 cm³/mol. The Morgan fingerprint density at radius 1 is 1.16 bits per heavy atom. The van der Waals surface area contributed by atoms with Gasteiger partial charge in [0.15, 0.2) is 0 Å². The summed E-state index contributed by atoms with van der Waals surface area (Å²) < 4.78 is 32.0. The summed E-state index contributed by atoms with van der Waals surface area (Å²) in [7, 11) is -1.83. The molecule has 3 rings (SSSR count). The van der Waals surface area contributed by atoms with E-state index in [1.807, 2.05) is 36.9 Å². The van der Waals surface area contributed by atoms with Crippen molar-refractivity contribution in [3.63, 3.8) is 0 Å². The van der Waals surface area contributed by atoms with Gasteiger partial charge < -0.3 is 9.64 Å². The van der Waals surface area contributed by atoms with Gasteiger partial charge in [-0.3, -0.25) is 4.79 Å². The van der Waals surface area contributed by atoms with Gasteiger partial charge in [0, 0.05) is 31.8 Å². The zero-order valence-electron chi connectivity index (χ0n) is 19.0. The van der Waals surface area contributed by atoms with Crippen LogP contribution >= 0.6 is 0 Å². The quantitative estimate of drug-likeness (QED) is 0.536. The van der Waals surface area contributed by atoms with Crippen molar-refractivity contribution >= 4 is 22.0 Å². The van der Waals surface area contributed by atoms with Crippen molar-refractivity contribution in [1.29, 1.82) is 0 Å². The number of hydrogen-bond donors (Lipinski definition) is 0. The second-order valence-corrected chi connectivity index (χ2v) is 9.81. The summed E-state index contributed by atoms with van der Waals surface area (Å²) in [4.78, 5) is 15.0. The van der Waals surface area contributed by atoms with Gasteiger partial charge in [-0.2, -0.15) is 4.31 Å². The molecule has 0 bridgehead atoms. The Hall–Kier alpha value is -2.64. The molecule has 0 aliphatic carbocycles. The van der Waals surface area contributed by atoms with Crippen LogP contribution in [0, 0.1) is 0 Å². The molecule has 0 aromatic heterocycles. The fourth-order valence-electron chi connectivity index (χ4n) is 4.14. The van der Waals surface area contributed by atoms with E-state index in [9.17, 15) is 13.2 Å². The number of ether oxygens (including phenoxy) is 1. The Kier molecular flexibility index (Phi) is 8.10. The average molecular weight is 457 g/mol. The lowest BCUT2D eigenvalue weighted by Gasteiger charge is -2.23. The first-order valence-electron chi connectivity index (χ1n) is 11.1. The number of carbonyl (C=O) groups is 1. The highest BCUT2D eigenvalue weighted by molar-refractivity contribution is 7.89. The second-order valence-electron chi connectivity index (χ2n) is 7.88. The van der Waals surface area contributed by atoms with Gasteiger partial charge in [0.1, 0.15) is 5.75 Å². The number of benzene rings is 2. The van der Waals surface area contributed by atoms with E-state index in [2.05, 4.69) is 6.07 Å². The summed E-state index contributed by atoms with van der Waals surface area (Å²) in [5, 5.41) is 0. The highest BCUT2D eigenvalue weighted by Crippen LogP contribution is 2.24. The molecular formula is C25H32N2O4S. The van der Waals surface area contributed by atoms with Crippen LogP contribution in [0.25, 0.3) is 6.08 Å². The molecule has 32 heavy (non-hydrogen) atoms. The zero-order chi connectivity index (χ0) is 23.1. The number of sulfonamides is 1. The van der Waals surface area contributed by atoms with Crippen LogP contribution in [0.2, 0.25) is 0 Å². The average Bonchev–Trinajstić information content (AvgIpc) is 3.26. The van der Waals surface area contributed by atoms with Crippen molar-refractivity contribution in [2.75, 3.05) is 26.7 Å². The lowest BCUT2D eigenvalue weighted by molar-refractivity contribution is -0.126. The van der Waals surface area contributed by atoms with Crippen LogP contribution < -0.4 is 4.74 Å². The van der Waals surface area contributed by atoms with E-state index in [4.69, 9.17) is 4.74 Å². The first-order valence-corrected chi connectivity index (χ1v) is 12.5. The molecule has 172 valence electrons. The van der Waals surface area contributed by atoms with Crippen LogP contribution in [-0.2, 0) is 21.2 Å². The maximum absolute atomic E-state index is 12.8. The smallest absolute Gasteiger partial charge is 0.246 e. The minimum absolute atomic E-state index is 0.0183. The van der Waals surface area contributed by atoms with Gasteiger partial charge in [-0.25, -0.2) is 8.42 Å². The molecule has 1 atom stereocenters. The second kappa shape index (κ2) is 10.8. The molecule has 7 heteroatoms. The normalized spacial score (nSPS) is 16.8. The Bertz CT molecular complexity index is 1040. The summed E-state index contributed by atoms with van der Waals surface area (Å²) in [6, 6.07) is 14.8. The highest BCUT2D eigenvalue weighted by Gasteiger charge is 2.27. The molecule has 0 radical (unpaired) electrons. The van der Waals surface area contributed by atoms with Crippen molar-refractivity contribution in [3.8, 4) is 5.75 Å². The molecule has 0 N–H and O–H groups in total. The number of hydrogen-bond acceptors (Lipinski definition) is 4. The van der Waals surface area contributed by atoms with Gasteiger partial charge in [0.25, 0.3) is 0 Å². The van der Waals surface area contributed by atoms with E-state index in [1.54, 1.807) is 43.5 Å². The Labute approximate surface area is 191 Å². The number of rotatable bonds is 9. The van der Waals surface area contributed by atoms with Gasteiger partial charge in [0.2, 0.25) is 15.9 Å². The number of amides is 1. The van der Waals surface area contributed by atoms with E-state index in [-0.39, 0.29) is 16.8 Å². The SMILES string of the molecule is CCN(CC)S(=O)(=O)c1ccc(/C=C/C(=O)N2CCCC2Cc2cccc(OC)c2)cc1. The van der Waals surface area contributed by atoms with Gasteiger partial charge in [-0.15, -0.1) is 0 Å². The van der Waals surface area contributed by atoms with Crippen molar-refractivity contribution in [2.45, 2.75) is 44.0 Å². The fourth-order valence-corrected chi connectivity index (χ4v) is 5.59. The Morgan fingerprint density at radius 2 is 1.88 bits per heavy atom. The van der Waals surface area contributed by atoms with Crippen LogP contribution in [0.4, 0.5) is 0 Å². The lowest BCUT2D eigenvalue weighted by Crippen LogP contribution is -2.35. The van der Waals surface area contributed by atoms with Crippen LogP contribution in [0.15, 0.2) is 59.5 Å². The third-order valence-electron chi connectivity index (χ3n) is 5.91. The summed E-state index contributed by atoms with van der Waals surface area (Å²) in [5.74, 6) is 0.806. The zero-order valence-corrected chi connectivity index (χ0v) is 19.8. The maximum Gasteiger partial charge on any atom is 0.246 e. The third kappa shape index (κ3) is 5.58. The molecule has 1 amide bonds. The van der Waals surface area contributed by atoms with E-state index in [0.29, 0.717) is 13.1 Å². The lowest BCUT2D eigenvalue weighted by atomic mass is 10.0. The van der Waals surface area contributed by atoms with Crippen molar-refractivity contribution in [3.05, 3.63) is 65.7 Å².